The molecule has 1 aliphatic carbocycles. The molecular formula is C31H41N3O3. The Kier molecular flexibility index (Phi) is 8.48. The van der Waals surface area contributed by atoms with E-state index in [2.05, 4.69) is 33.0 Å². The smallest absolute Gasteiger partial charge is 0.272 e. The highest BCUT2D eigenvalue weighted by Crippen LogP contribution is 2.37. The van der Waals surface area contributed by atoms with E-state index in [9.17, 15) is 14.7 Å². The first-order valence-corrected chi connectivity index (χ1v) is 13.7. The van der Waals surface area contributed by atoms with E-state index in [1.54, 1.807) is 4.90 Å². The van der Waals surface area contributed by atoms with E-state index in [1.807, 2.05) is 54.6 Å². The number of nitrogens with one attached hydrogen (secondary N) is 1. The van der Waals surface area contributed by atoms with E-state index < -0.39 is 18.2 Å². The molecule has 4 rings (SSSR count). The van der Waals surface area contributed by atoms with Gasteiger partial charge in [0.15, 0.2) is 0 Å². The summed E-state index contributed by atoms with van der Waals surface area (Å²) in [4.78, 5) is 34.3. The number of fused-ring (bicyclic) bond motifs is 1. The van der Waals surface area contributed by atoms with Gasteiger partial charge in [-0.15, -0.1) is 0 Å². The van der Waals surface area contributed by atoms with Crippen LogP contribution >= 0.6 is 0 Å². The number of benzene rings is 2. The summed E-state index contributed by atoms with van der Waals surface area (Å²) in [6.45, 7) is 8.67. The molecule has 0 bridgehead atoms. The summed E-state index contributed by atoms with van der Waals surface area (Å²) in [6, 6.07) is 17.7. The van der Waals surface area contributed by atoms with Crippen LogP contribution in [0.3, 0.4) is 0 Å². The van der Waals surface area contributed by atoms with Crippen LogP contribution in [0, 0.1) is 17.3 Å². The Hall–Kier alpha value is -2.99. The van der Waals surface area contributed by atoms with Crippen LogP contribution < -0.4 is 10.2 Å². The molecule has 3 atom stereocenters. The van der Waals surface area contributed by atoms with E-state index in [1.165, 1.54) is 0 Å². The lowest BCUT2D eigenvalue weighted by Gasteiger charge is -2.27. The summed E-state index contributed by atoms with van der Waals surface area (Å²) in [5.74, 6) is -0.605. The molecule has 6 nitrogen and oxygen atoms in total. The Morgan fingerprint density at radius 2 is 1.78 bits per heavy atom. The van der Waals surface area contributed by atoms with Gasteiger partial charge < -0.3 is 15.3 Å². The molecule has 198 valence electrons. The molecule has 0 aromatic heterocycles. The summed E-state index contributed by atoms with van der Waals surface area (Å²) in [7, 11) is 0. The summed E-state index contributed by atoms with van der Waals surface area (Å²) < 4.78 is 0. The molecule has 2 N–H and O–H groups in total. The first-order valence-electron chi connectivity index (χ1n) is 13.7. The maximum Gasteiger partial charge on any atom is 0.272 e. The number of rotatable bonds is 10. The molecule has 1 aliphatic heterocycles. The molecule has 1 saturated carbocycles. The van der Waals surface area contributed by atoms with Gasteiger partial charge in [0.1, 0.15) is 0 Å². The zero-order valence-corrected chi connectivity index (χ0v) is 22.6. The molecule has 37 heavy (non-hydrogen) atoms. The fourth-order valence-corrected chi connectivity index (χ4v) is 5.06. The van der Waals surface area contributed by atoms with Crippen molar-refractivity contribution in [2.45, 2.75) is 85.0 Å². The molecule has 2 aromatic carbocycles. The highest BCUT2D eigenvalue weighted by Gasteiger charge is 2.39. The largest absolute Gasteiger partial charge is 0.392 e. The Balaban J connectivity index is 1.69. The number of carbonyl (C=O) groups excluding carboxylic acids is 2. The Labute approximate surface area is 221 Å². The van der Waals surface area contributed by atoms with E-state index in [-0.39, 0.29) is 17.2 Å². The van der Waals surface area contributed by atoms with Crippen LogP contribution in [0.1, 0.15) is 77.3 Å². The minimum atomic E-state index is -1.06. The lowest BCUT2D eigenvalue weighted by Crippen LogP contribution is -2.50. The van der Waals surface area contributed by atoms with Crippen molar-refractivity contribution in [3.63, 3.8) is 0 Å². The van der Waals surface area contributed by atoms with Crippen molar-refractivity contribution in [3.8, 4) is 0 Å². The Morgan fingerprint density at radius 3 is 2.43 bits per heavy atom. The van der Waals surface area contributed by atoms with Gasteiger partial charge in [-0.05, 0) is 30.4 Å². The second kappa shape index (κ2) is 11.6. The molecule has 2 aromatic rings. The molecule has 0 spiro atoms. The van der Waals surface area contributed by atoms with Crippen LogP contribution in [0.25, 0.3) is 0 Å². The van der Waals surface area contributed by atoms with Gasteiger partial charge in [0.25, 0.3) is 5.91 Å². The van der Waals surface area contributed by atoms with Gasteiger partial charge in [-0.3, -0.25) is 14.6 Å². The second-order valence-electron chi connectivity index (χ2n) is 11.6. The number of aliphatic imine (C=N–C) groups is 1. The number of aliphatic hydroxyl groups is 1. The molecule has 0 radical (unpaired) electrons. The van der Waals surface area contributed by atoms with Crippen LogP contribution in [0.2, 0.25) is 0 Å². The van der Waals surface area contributed by atoms with E-state index in [4.69, 9.17) is 4.99 Å². The van der Waals surface area contributed by atoms with Crippen LogP contribution in [-0.2, 0) is 16.1 Å². The summed E-state index contributed by atoms with van der Waals surface area (Å²) in [5, 5.41) is 13.9. The second-order valence-corrected chi connectivity index (χ2v) is 11.6. The molecule has 1 fully saturated rings. The maximum atomic E-state index is 14.1. The molecule has 2 amide bonds. The van der Waals surface area contributed by atoms with Gasteiger partial charge in [0, 0.05) is 11.0 Å². The third-order valence-electron chi connectivity index (χ3n) is 7.32. The normalized spacial score (nSPS) is 19.5. The Morgan fingerprint density at radius 1 is 1.11 bits per heavy atom. The number of carbonyl (C=O) groups is 2. The number of nitrogens with zero attached hydrogens (tertiary/aromatic N) is 2. The monoisotopic (exact) mass is 503 g/mol. The quantitative estimate of drug-likeness (QED) is 0.451. The fourth-order valence-electron chi connectivity index (χ4n) is 5.06. The predicted octanol–water partition coefficient (Wildman–Crippen LogP) is 5.48. The summed E-state index contributed by atoms with van der Waals surface area (Å²) >= 11 is 0. The van der Waals surface area contributed by atoms with Crippen molar-refractivity contribution in [2.75, 3.05) is 4.90 Å². The van der Waals surface area contributed by atoms with Crippen molar-refractivity contribution in [1.82, 2.24) is 5.32 Å². The molecule has 1 heterocycles. The van der Waals surface area contributed by atoms with Crippen LogP contribution in [0.4, 0.5) is 5.69 Å². The lowest BCUT2D eigenvalue weighted by molar-refractivity contribution is -0.133. The zero-order valence-electron chi connectivity index (χ0n) is 22.6. The van der Waals surface area contributed by atoms with Crippen LogP contribution in [0.5, 0.6) is 0 Å². The molecular weight excluding hydrogens is 462 g/mol. The first kappa shape index (κ1) is 27.1. The number of hydrogen-bond acceptors (Lipinski definition) is 4. The molecule has 0 saturated heterocycles. The van der Waals surface area contributed by atoms with Gasteiger partial charge in [0.2, 0.25) is 12.1 Å². The number of hydrogen-bond donors (Lipinski definition) is 2. The topological polar surface area (TPSA) is 82.0 Å². The van der Waals surface area contributed by atoms with Crippen molar-refractivity contribution >= 4 is 23.2 Å². The minimum Gasteiger partial charge on any atom is -0.392 e. The third-order valence-corrected chi connectivity index (χ3v) is 7.32. The molecule has 2 aliphatic rings. The number of benzodiazepines with no additional fused rings is 1. The fraction of sp³-hybridized carbons (Fsp3) is 0.516. The van der Waals surface area contributed by atoms with Gasteiger partial charge in [-0.2, -0.15) is 0 Å². The number of anilines is 1. The standard InChI is InChI=1S/C31H41N3O3/c1-5-6-16-26(35)24(19-21-17-18-21)29(36)33-28-30(37)34(20-22-12-8-7-9-13-22)25-15-11-10-14-23(25)27(32-28)31(2,3)4/h7-15,21,24,26,28,35H,5-6,16-20H2,1-4H3,(H,33,36)/t24-,26+,28?/m1/s1. The van der Waals surface area contributed by atoms with E-state index >= 15 is 0 Å². The average molecular weight is 504 g/mol. The molecule has 1 unspecified atom stereocenters. The van der Waals surface area contributed by atoms with Gasteiger partial charge in [-0.25, -0.2) is 0 Å². The summed E-state index contributed by atoms with van der Waals surface area (Å²) in [6.07, 6.45) is 3.48. The van der Waals surface area contributed by atoms with Gasteiger partial charge in [-0.1, -0.05) is 102 Å². The maximum absolute atomic E-state index is 14.1. The van der Waals surface area contributed by atoms with Gasteiger partial charge >= 0.3 is 0 Å². The SMILES string of the molecule is CCCC[C@H](O)[C@@H](CC1CC1)C(=O)NC1N=C(C(C)(C)C)c2ccccc2N(Cc2ccccc2)C1=O. The zero-order chi connectivity index (χ0) is 26.6. The summed E-state index contributed by atoms with van der Waals surface area (Å²) in [5.41, 5.74) is 3.11. The van der Waals surface area contributed by atoms with Crippen molar-refractivity contribution in [2.24, 2.45) is 22.2 Å². The Bertz CT molecular complexity index is 1120. The van der Waals surface area contributed by atoms with E-state index in [0.29, 0.717) is 25.3 Å². The van der Waals surface area contributed by atoms with Crippen molar-refractivity contribution in [1.29, 1.82) is 0 Å². The number of amides is 2. The minimum absolute atomic E-state index is 0.267. The van der Waals surface area contributed by atoms with Crippen molar-refractivity contribution < 1.29 is 14.7 Å². The number of unbranched alkanes of at least 4 members (excludes halogenated alkanes) is 1. The van der Waals surface area contributed by atoms with Crippen LogP contribution in [0.15, 0.2) is 59.6 Å². The highest BCUT2D eigenvalue weighted by molar-refractivity contribution is 6.15. The first-order chi connectivity index (χ1) is 17.7. The lowest BCUT2D eigenvalue weighted by atomic mass is 9.84. The third kappa shape index (κ3) is 6.67. The van der Waals surface area contributed by atoms with Crippen LogP contribution in [-0.4, -0.2) is 34.9 Å². The van der Waals surface area contributed by atoms with Crippen molar-refractivity contribution in [3.05, 3.63) is 65.7 Å². The van der Waals surface area contributed by atoms with Gasteiger partial charge in [0.05, 0.1) is 30.0 Å². The number of aliphatic hydroxyl groups excluding tert-OH is 1. The number of para-hydroxylation sites is 1. The molecule has 6 heteroatoms. The highest BCUT2D eigenvalue weighted by atomic mass is 16.3. The average Bonchev–Trinajstić information content (AvgIpc) is 3.71. The van der Waals surface area contributed by atoms with E-state index in [0.717, 1.165) is 48.2 Å². The predicted molar refractivity (Wildman–Crippen MR) is 148 cm³/mol.